The van der Waals surface area contributed by atoms with Crippen LogP contribution < -0.4 is 10.3 Å². The van der Waals surface area contributed by atoms with Crippen LogP contribution in [-0.4, -0.2) is 25.3 Å². The highest BCUT2D eigenvalue weighted by Gasteiger charge is 2.31. The van der Waals surface area contributed by atoms with Crippen LogP contribution in [0.2, 0.25) is 0 Å². The molecule has 0 radical (unpaired) electrons. The molecule has 0 amide bonds. The number of benzene rings is 2. The average Bonchev–Trinajstić information content (AvgIpc) is 3.53. The van der Waals surface area contributed by atoms with E-state index in [1.807, 2.05) is 42.6 Å². The lowest BCUT2D eigenvalue weighted by Crippen LogP contribution is -2.24. The molecule has 5 nitrogen and oxygen atoms in total. The minimum absolute atomic E-state index is 0.0114. The fraction of sp³-hybridized carbons (Fsp3) is 0.400. The molecule has 2 aromatic carbocycles. The van der Waals surface area contributed by atoms with Gasteiger partial charge in [0.15, 0.2) is 9.84 Å². The van der Waals surface area contributed by atoms with E-state index >= 15 is 0 Å². The summed E-state index contributed by atoms with van der Waals surface area (Å²) in [7, 11) is -1.42. The Kier molecular flexibility index (Phi) is 4.93. The smallest absolute Gasteiger partial charge is 0.258 e. The quantitative estimate of drug-likeness (QED) is 0.599. The summed E-state index contributed by atoms with van der Waals surface area (Å²) < 4.78 is 32.2. The Bertz CT molecular complexity index is 1340. The van der Waals surface area contributed by atoms with Gasteiger partial charge in [0, 0.05) is 36.0 Å². The largest absolute Gasteiger partial charge is 0.489 e. The Morgan fingerprint density at radius 2 is 1.81 bits per heavy atom. The van der Waals surface area contributed by atoms with Gasteiger partial charge >= 0.3 is 0 Å². The van der Waals surface area contributed by atoms with Gasteiger partial charge < -0.3 is 9.30 Å². The molecule has 0 N–H and O–H groups in total. The first-order chi connectivity index (χ1) is 14.8. The number of pyridine rings is 1. The van der Waals surface area contributed by atoms with Crippen LogP contribution in [0.3, 0.4) is 0 Å². The summed E-state index contributed by atoms with van der Waals surface area (Å²) in [6.45, 7) is 0. The van der Waals surface area contributed by atoms with Crippen LogP contribution in [0.1, 0.15) is 36.8 Å². The molecule has 1 unspecified atom stereocenters. The SMILES string of the molecule is Cn1cc(-c2cc(CS(C)(=O)=O)cc3c2OC(CC2CC2)CC3)c2ccccc2c1=O. The summed E-state index contributed by atoms with van der Waals surface area (Å²) >= 11 is 0. The van der Waals surface area contributed by atoms with Gasteiger partial charge in [-0.15, -0.1) is 0 Å². The van der Waals surface area contributed by atoms with Gasteiger partial charge in [-0.1, -0.05) is 37.1 Å². The minimum Gasteiger partial charge on any atom is -0.489 e. The van der Waals surface area contributed by atoms with E-state index in [2.05, 4.69) is 0 Å². The molecule has 5 rings (SSSR count). The molecular weight excluding hydrogens is 410 g/mol. The monoisotopic (exact) mass is 437 g/mol. The number of rotatable bonds is 5. The molecule has 31 heavy (non-hydrogen) atoms. The summed E-state index contributed by atoms with van der Waals surface area (Å²) in [4.78, 5) is 12.7. The number of hydrogen-bond acceptors (Lipinski definition) is 4. The Balaban J connectivity index is 1.72. The first-order valence-corrected chi connectivity index (χ1v) is 12.9. The zero-order chi connectivity index (χ0) is 21.8. The zero-order valence-corrected chi connectivity index (χ0v) is 18.7. The van der Waals surface area contributed by atoms with Crippen LogP contribution in [0.4, 0.5) is 0 Å². The summed E-state index contributed by atoms with van der Waals surface area (Å²) in [6, 6.07) is 11.5. The van der Waals surface area contributed by atoms with Crippen LogP contribution in [-0.2, 0) is 29.1 Å². The average molecular weight is 438 g/mol. The number of nitrogens with zero attached hydrogens (tertiary/aromatic N) is 1. The van der Waals surface area contributed by atoms with Crippen molar-refractivity contribution in [1.29, 1.82) is 0 Å². The van der Waals surface area contributed by atoms with E-state index in [0.717, 1.165) is 58.6 Å². The number of ether oxygens (including phenoxy) is 1. The van der Waals surface area contributed by atoms with Gasteiger partial charge in [0.05, 0.1) is 11.9 Å². The Labute approximate surface area is 182 Å². The predicted molar refractivity (Wildman–Crippen MR) is 123 cm³/mol. The molecule has 2 aliphatic rings. The van der Waals surface area contributed by atoms with Gasteiger partial charge in [-0.25, -0.2) is 8.42 Å². The third-order valence-electron chi connectivity index (χ3n) is 6.35. The van der Waals surface area contributed by atoms with E-state index in [0.29, 0.717) is 5.39 Å². The highest BCUT2D eigenvalue weighted by Crippen LogP contribution is 2.43. The summed E-state index contributed by atoms with van der Waals surface area (Å²) in [5.41, 5.74) is 3.55. The van der Waals surface area contributed by atoms with Crippen molar-refractivity contribution in [3.8, 4) is 16.9 Å². The maximum atomic E-state index is 12.7. The molecule has 1 aromatic heterocycles. The second-order valence-corrected chi connectivity index (χ2v) is 11.3. The van der Waals surface area contributed by atoms with Gasteiger partial charge in [0.25, 0.3) is 5.56 Å². The lowest BCUT2D eigenvalue weighted by molar-refractivity contribution is 0.158. The Morgan fingerprint density at radius 3 is 2.52 bits per heavy atom. The maximum absolute atomic E-state index is 12.7. The van der Waals surface area contributed by atoms with Crippen LogP contribution in [0, 0.1) is 5.92 Å². The molecule has 1 atom stereocenters. The summed E-state index contributed by atoms with van der Waals surface area (Å²) in [5.74, 6) is 1.61. The molecule has 0 spiro atoms. The molecule has 162 valence electrons. The van der Waals surface area contributed by atoms with Crippen molar-refractivity contribution < 1.29 is 13.2 Å². The molecule has 1 fully saturated rings. The molecular formula is C25H27NO4S. The van der Waals surface area contributed by atoms with Gasteiger partial charge in [-0.05, 0) is 53.8 Å². The van der Waals surface area contributed by atoms with Crippen molar-refractivity contribution in [1.82, 2.24) is 4.57 Å². The van der Waals surface area contributed by atoms with E-state index in [1.54, 1.807) is 11.6 Å². The number of hydrogen-bond donors (Lipinski definition) is 0. The Hall–Kier alpha value is -2.60. The first-order valence-electron chi connectivity index (χ1n) is 10.9. The van der Waals surface area contributed by atoms with Crippen LogP contribution in [0.5, 0.6) is 5.75 Å². The van der Waals surface area contributed by atoms with Gasteiger partial charge in [-0.3, -0.25) is 4.79 Å². The maximum Gasteiger partial charge on any atom is 0.258 e. The number of sulfone groups is 1. The second kappa shape index (κ2) is 7.52. The zero-order valence-electron chi connectivity index (χ0n) is 17.9. The summed E-state index contributed by atoms with van der Waals surface area (Å²) in [5, 5.41) is 1.51. The van der Waals surface area contributed by atoms with Crippen LogP contribution in [0.15, 0.2) is 47.4 Å². The molecule has 3 aromatic rings. The van der Waals surface area contributed by atoms with E-state index in [1.165, 1.54) is 19.1 Å². The molecule has 6 heteroatoms. The van der Waals surface area contributed by atoms with Crippen molar-refractivity contribution in [3.63, 3.8) is 0 Å². The van der Waals surface area contributed by atoms with Crippen LogP contribution >= 0.6 is 0 Å². The molecule has 1 aliphatic carbocycles. The fourth-order valence-corrected chi connectivity index (χ4v) is 5.50. The fourth-order valence-electron chi connectivity index (χ4n) is 4.73. The third-order valence-corrected chi connectivity index (χ3v) is 7.21. The topological polar surface area (TPSA) is 65.4 Å². The van der Waals surface area contributed by atoms with Gasteiger partial charge in [0.1, 0.15) is 5.75 Å². The second-order valence-electron chi connectivity index (χ2n) is 9.16. The molecule has 0 bridgehead atoms. The standard InChI is InChI=1S/C25H27NO4S/c1-26-14-23(20-5-3-4-6-21(20)25(26)27)22-13-17(15-31(2,28)29)11-18-9-10-19(30-24(18)22)12-16-7-8-16/h3-6,11,13-14,16,19H,7-10,12,15H2,1-2H3. The first kappa shape index (κ1) is 20.3. The molecule has 1 aliphatic heterocycles. The predicted octanol–water partition coefficient (Wildman–Crippen LogP) is 4.24. The highest BCUT2D eigenvalue weighted by atomic mass is 32.2. The molecule has 2 heterocycles. The van der Waals surface area contributed by atoms with Gasteiger partial charge in [0.2, 0.25) is 0 Å². The van der Waals surface area contributed by atoms with Crippen molar-refractivity contribution >= 4 is 20.6 Å². The van der Waals surface area contributed by atoms with E-state index in [9.17, 15) is 13.2 Å². The minimum atomic E-state index is -3.17. The lowest BCUT2D eigenvalue weighted by Gasteiger charge is -2.29. The van der Waals surface area contributed by atoms with Crippen molar-refractivity contribution in [2.75, 3.05) is 6.26 Å². The lowest BCUT2D eigenvalue weighted by atomic mass is 9.91. The van der Waals surface area contributed by atoms with Crippen LogP contribution in [0.25, 0.3) is 21.9 Å². The van der Waals surface area contributed by atoms with Gasteiger partial charge in [-0.2, -0.15) is 0 Å². The number of aryl methyl sites for hydroxylation is 2. The normalized spacial score (nSPS) is 18.6. The van der Waals surface area contributed by atoms with Crippen molar-refractivity contribution in [2.45, 2.75) is 44.0 Å². The third kappa shape index (κ3) is 4.13. The molecule has 0 saturated heterocycles. The van der Waals surface area contributed by atoms with Crippen molar-refractivity contribution in [3.05, 3.63) is 64.1 Å². The summed E-state index contributed by atoms with van der Waals surface area (Å²) in [6.07, 6.45) is 8.79. The highest BCUT2D eigenvalue weighted by molar-refractivity contribution is 7.89. The Morgan fingerprint density at radius 1 is 1.06 bits per heavy atom. The number of fused-ring (bicyclic) bond motifs is 2. The van der Waals surface area contributed by atoms with E-state index in [4.69, 9.17) is 4.74 Å². The molecule has 1 saturated carbocycles. The number of aromatic nitrogens is 1. The van der Waals surface area contributed by atoms with Crippen molar-refractivity contribution in [2.24, 2.45) is 13.0 Å². The van der Waals surface area contributed by atoms with E-state index < -0.39 is 9.84 Å². The van der Waals surface area contributed by atoms with E-state index in [-0.39, 0.29) is 17.4 Å².